The van der Waals surface area contributed by atoms with Crippen LogP contribution in [0.2, 0.25) is 0 Å². The van der Waals surface area contributed by atoms with Crippen LogP contribution in [0.15, 0.2) is 14.6 Å². The van der Waals surface area contributed by atoms with Crippen molar-refractivity contribution in [3.05, 3.63) is 4.60 Å². The number of isocyanates is 1. The molecule has 1 saturated heterocycles. The van der Waals surface area contributed by atoms with Crippen molar-refractivity contribution < 1.29 is 17.9 Å². The van der Waals surface area contributed by atoms with Gasteiger partial charge in [-0.1, -0.05) is 5.21 Å². The zero-order valence-electron chi connectivity index (χ0n) is 9.85. The molecule has 11 heteroatoms. The molecule has 0 bridgehead atoms. The summed E-state index contributed by atoms with van der Waals surface area (Å²) in [6.07, 6.45) is 0.435. The number of rotatable bonds is 3. The SMILES string of the molecule is Cn1nnc(Br)c1S(=O)(=O)N1CCOCC1N=C=O. The third kappa shape index (κ3) is 2.60. The average Bonchev–Trinajstić information content (AvgIpc) is 2.70. The average molecular weight is 352 g/mol. The van der Waals surface area contributed by atoms with Crippen molar-refractivity contribution in [3.63, 3.8) is 0 Å². The van der Waals surface area contributed by atoms with Crippen LogP contribution in [0.3, 0.4) is 0 Å². The highest BCUT2D eigenvalue weighted by Gasteiger charge is 2.37. The van der Waals surface area contributed by atoms with Crippen molar-refractivity contribution in [1.82, 2.24) is 19.3 Å². The summed E-state index contributed by atoms with van der Waals surface area (Å²) in [5.41, 5.74) is 0. The van der Waals surface area contributed by atoms with Gasteiger partial charge < -0.3 is 4.74 Å². The van der Waals surface area contributed by atoms with E-state index in [4.69, 9.17) is 4.74 Å². The normalized spacial score (nSPS) is 21.1. The highest BCUT2D eigenvalue weighted by atomic mass is 79.9. The van der Waals surface area contributed by atoms with Crippen LogP contribution in [0.1, 0.15) is 0 Å². The third-order valence-electron chi connectivity index (χ3n) is 2.55. The van der Waals surface area contributed by atoms with Gasteiger partial charge in [0.1, 0.15) is 0 Å². The van der Waals surface area contributed by atoms with E-state index in [2.05, 4.69) is 31.2 Å². The first-order valence-electron chi connectivity index (χ1n) is 5.20. The maximum absolute atomic E-state index is 12.5. The van der Waals surface area contributed by atoms with Gasteiger partial charge in [-0.15, -0.1) is 5.10 Å². The molecule has 1 aliphatic heterocycles. The second-order valence-corrected chi connectivity index (χ2v) is 6.26. The van der Waals surface area contributed by atoms with Crippen molar-refractivity contribution in [2.75, 3.05) is 19.8 Å². The minimum absolute atomic E-state index is 0.0113. The number of aryl methyl sites for hydroxylation is 1. The number of ether oxygens (including phenoxy) is 1. The minimum atomic E-state index is -3.88. The predicted octanol–water partition coefficient (Wildman–Crippen LogP) is -0.740. The fourth-order valence-electron chi connectivity index (χ4n) is 1.73. The lowest BCUT2D eigenvalue weighted by Gasteiger charge is -2.30. The Balaban J connectivity index is 2.46. The number of hydrogen-bond acceptors (Lipinski definition) is 7. The number of sulfonamides is 1. The maximum Gasteiger partial charge on any atom is 0.265 e. The molecular weight excluding hydrogens is 342 g/mol. The van der Waals surface area contributed by atoms with Gasteiger partial charge >= 0.3 is 0 Å². The second kappa shape index (κ2) is 5.47. The van der Waals surface area contributed by atoms with Crippen molar-refractivity contribution >= 4 is 32.0 Å². The standard InChI is InChI=1S/C8H10BrN5O4S/c1-13-8(7(9)11-12-13)19(16,17)14-2-3-18-4-6(14)10-5-15/h6H,2-4H2,1H3. The topological polar surface area (TPSA) is 107 Å². The molecule has 0 aromatic carbocycles. The zero-order chi connectivity index (χ0) is 14.0. The van der Waals surface area contributed by atoms with Crippen LogP contribution in [0, 0.1) is 0 Å². The van der Waals surface area contributed by atoms with E-state index in [0.29, 0.717) is 0 Å². The van der Waals surface area contributed by atoms with Gasteiger partial charge in [0, 0.05) is 13.6 Å². The number of carbonyl (C=O) groups excluding carboxylic acids is 1. The molecule has 104 valence electrons. The molecule has 1 fully saturated rings. The molecule has 1 unspecified atom stereocenters. The van der Waals surface area contributed by atoms with Crippen LogP contribution in [-0.4, -0.2) is 59.7 Å². The quantitative estimate of drug-likeness (QED) is 0.524. The van der Waals surface area contributed by atoms with Crippen LogP contribution in [0.5, 0.6) is 0 Å². The number of aliphatic imine (C=N–C) groups is 1. The summed E-state index contributed by atoms with van der Waals surface area (Å²) >= 11 is 3.04. The van der Waals surface area contributed by atoms with Gasteiger partial charge in [0.25, 0.3) is 10.0 Å². The van der Waals surface area contributed by atoms with E-state index in [9.17, 15) is 13.2 Å². The van der Waals surface area contributed by atoms with Crippen LogP contribution >= 0.6 is 15.9 Å². The van der Waals surface area contributed by atoms with Crippen molar-refractivity contribution in [1.29, 1.82) is 0 Å². The number of aromatic nitrogens is 3. The first-order chi connectivity index (χ1) is 8.98. The van der Waals surface area contributed by atoms with Crippen molar-refractivity contribution in [2.24, 2.45) is 12.0 Å². The van der Waals surface area contributed by atoms with E-state index >= 15 is 0 Å². The number of halogens is 1. The van der Waals surface area contributed by atoms with E-state index in [0.717, 1.165) is 8.99 Å². The Kier molecular flexibility index (Phi) is 4.11. The van der Waals surface area contributed by atoms with E-state index in [1.807, 2.05) is 0 Å². The van der Waals surface area contributed by atoms with Gasteiger partial charge in [0.2, 0.25) is 11.1 Å². The van der Waals surface area contributed by atoms with Crippen LogP contribution in [0.4, 0.5) is 0 Å². The highest BCUT2D eigenvalue weighted by Crippen LogP contribution is 2.25. The Bertz CT molecular complexity index is 604. The number of hydrogen-bond donors (Lipinski definition) is 0. The molecule has 0 amide bonds. The molecule has 0 radical (unpaired) electrons. The fourth-order valence-corrected chi connectivity index (χ4v) is 4.26. The molecule has 9 nitrogen and oxygen atoms in total. The molecule has 0 N–H and O–H groups in total. The highest BCUT2D eigenvalue weighted by molar-refractivity contribution is 9.10. The monoisotopic (exact) mass is 351 g/mol. The van der Waals surface area contributed by atoms with Crippen molar-refractivity contribution in [3.8, 4) is 0 Å². The largest absolute Gasteiger partial charge is 0.376 e. The zero-order valence-corrected chi connectivity index (χ0v) is 12.3. The summed E-state index contributed by atoms with van der Waals surface area (Å²) in [5, 5.41) is 7.16. The fraction of sp³-hybridized carbons (Fsp3) is 0.625. The van der Waals surface area contributed by atoms with Gasteiger partial charge in [-0.25, -0.2) is 17.9 Å². The summed E-state index contributed by atoms with van der Waals surface area (Å²) in [6.45, 7) is 0.334. The Morgan fingerprint density at radius 3 is 2.89 bits per heavy atom. The summed E-state index contributed by atoms with van der Waals surface area (Å²) in [7, 11) is -2.42. The molecule has 0 spiro atoms. The Morgan fingerprint density at radius 2 is 2.32 bits per heavy atom. The number of morpholine rings is 1. The van der Waals surface area contributed by atoms with Crippen LogP contribution in [-0.2, 0) is 26.6 Å². The first kappa shape index (κ1) is 14.3. The smallest absolute Gasteiger partial charge is 0.265 e. The van der Waals surface area contributed by atoms with Gasteiger partial charge in [-0.05, 0) is 15.9 Å². The molecule has 1 atom stereocenters. The lowest BCUT2D eigenvalue weighted by molar-refractivity contribution is 0.0357. The second-order valence-electron chi connectivity index (χ2n) is 3.70. The van der Waals surface area contributed by atoms with E-state index in [1.54, 1.807) is 0 Å². The molecule has 0 saturated carbocycles. The first-order valence-corrected chi connectivity index (χ1v) is 7.43. The molecule has 2 heterocycles. The third-order valence-corrected chi connectivity index (χ3v) is 5.33. The number of nitrogens with zero attached hydrogens (tertiary/aromatic N) is 5. The molecule has 1 aliphatic rings. The van der Waals surface area contributed by atoms with Crippen molar-refractivity contribution in [2.45, 2.75) is 11.2 Å². The van der Waals surface area contributed by atoms with Gasteiger partial charge in [0.05, 0.1) is 13.2 Å². The van der Waals surface area contributed by atoms with E-state index < -0.39 is 16.2 Å². The molecule has 0 aliphatic carbocycles. The molecule has 2 rings (SSSR count). The summed E-state index contributed by atoms with van der Waals surface area (Å²) in [6, 6.07) is 0. The van der Waals surface area contributed by atoms with Crippen LogP contribution in [0.25, 0.3) is 0 Å². The molecule has 1 aromatic heterocycles. The van der Waals surface area contributed by atoms with E-state index in [1.165, 1.54) is 13.1 Å². The summed E-state index contributed by atoms with van der Waals surface area (Å²) < 4.78 is 32.5. The lowest BCUT2D eigenvalue weighted by Crippen LogP contribution is -2.48. The summed E-state index contributed by atoms with van der Waals surface area (Å²) in [5.74, 6) is 0. The van der Waals surface area contributed by atoms with E-state index in [-0.39, 0.29) is 29.4 Å². The Labute approximate surface area is 117 Å². The molecule has 1 aromatic rings. The predicted molar refractivity (Wildman–Crippen MR) is 65.3 cm³/mol. The lowest BCUT2D eigenvalue weighted by atomic mass is 10.4. The molecule has 19 heavy (non-hydrogen) atoms. The van der Waals surface area contributed by atoms with Gasteiger partial charge in [0.15, 0.2) is 10.8 Å². The Morgan fingerprint density at radius 1 is 1.58 bits per heavy atom. The maximum atomic E-state index is 12.5. The molecular formula is C8H10BrN5O4S. The summed E-state index contributed by atoms with van der Waals surface area (Å²) in [4.78, 5) is 13.8. The van der Waals surface area contributed by atoms with Gasteiger partial charge in [-0.2, -0.15) is 9.30 Å². The van der Waals surface area contributed by atoms with Crippen LogP contribution < -0.4 is 0 Å². The van der Waals surface area contributed by atoms with Gasteiger partial charge in [-0.3, -0.25) is 0 Å². The minimum Gasteiger partial charge on any atom is -0.376 e. The Hall–Kier alpha value is -1.13.